The number of likely N-dealkylation sites (tertiary alicyclic amines) is 1. The standard InChI is InChI=1S/C21H22N4O2S/c1-24-11-9-22-20(24)15-5-2-6-16(13-15)23-21(27)18-8-3-10-25(18)19(26)14-17-7-4-12-28-17/h2,4-7,9,11-13,18H,3,8,10,14H2,1H3,(H,23,27). The van der Waals surface area contributed by atoms with Crippen LogP contribution in [0, 0.1) is 0 Å². The second-order valence-corrected chi connectivity index (χ2v) is 7.97. The van der Waals surface area contributed by atoms with Crippen LogP contribution in [0.5, 0.6) is 0 Å². The maximum absolute atomic E-state index is 12.9. The molecule has 0 saturated carbocycles. The van der Waals surface area contributed by atoms with Crippen molar-refractivity contribution in [2.45, 2.75) is 25.3 Å². The van der Waals surface area contributed by atoms with Crippen molar-refractivity contribution in [3.63, 3.8) is 0 Å². The number of amides is 2. The molecule has 2 aromatic heterocycles. The summed E-state index contributed by atoms with van der Waals surface area (Å²) in [4.78, 5) is 32.6. The van der Waals surface area contributed by atoms with Gasteiger partial charge in [-0.25, -0.2) is 4.98 Å². The molecule has 2 amide bonds. The maximum atomic E-state index is 12.9. The number of benzene rings is 1. The molecule has 3 aromatic rings. The largest absolute Gasteiger partial charge is 0.334 e. The molecule has 6 nitrogen and oxygen atoms in total. The van der Waals surface area contributed by atoms with Crippen molar-refractivity contribution in [3.05, 3.63) is 59.0 Å². The molecule has 28 heavy (non-hydrogen) atoms. The highest BCUT2D eigenvalue weighted by molar-refractivity contribution is 7.10. The fourth-order valence-electron chi connectivity index (χ4n) is 3.61. The average Bonchev–Trinajstić information content (AvgIpc) is 3.43. The Morgan fingerprint density at radius 1 is 1.29 bits per heavy atom. The molecular formula is C21H22N4O2S. The van der Waals surface area contributed by atoms with Crippen molar-refractivity contribution in [2.24, 2.45) is 7.05 Å². The van der Waals surface area contributed by atoms with Crippen LogP contribution >= 0.6 is 11.3 Å². The summed E-state index contributed by atoms with van der Waals surface area (Å²) < 4.78 is 1.93. The number of carbonyl (C=O) groups excluding carboxylic acids is 2. The van der Waals surface area contributed by atoms with Gasteiger partial charge in [0.1, 0.15) is 11.9 Å². The van der Waals surface area contributed by atoms with Crippen LogP contribution in [-0.4, -0.2) is 38.9 Å². The first kappa shape index (κ1) is 18.4. The number of thiophene rings is 1. The van der Waals surface area contributed by atoms with E-state index in [0.717, 1.165) is 22.7 Å². The topological polar surface area (TPSA) is 67.2 Å². The molecule has 1 fully saturated rings. The van der Waals surface area contributed by atoms with E-state index < -0.39 is 6.04 Å². The van der Waals surface area contributed by atoms with E-state index in [2.05, 4.69) is 10.3 Å². The van der Waals surface area contributed by atoms with E-state index in [1.54, 1.807) is 22.4 Å². The summed E-state index contributed by atoms with van der Waals surface area (Å²) in [5.41, 5.74) is 1.64. The Labute approximate surface area is 167 Å². The summed E-state index contributed by atoms with van der Waals surface area (Å²) in [6.45, 7) is 0.635. The zero-order valence-corrected chi connectivity index (χ0v) is 16.5. The summed E-state index contributed by atoms with van der Waals surface area (Å²) in [6, 6.07) is 11.1. The molecule has 1 saturated heterocycles. The van der Waals surface area contributed by atoms with E-state index >= 15 is 0 Å². The van der Waals surface area contributed by atoms with Crippen molar-refractivity contribution in [1.82, 2.24) is 14.5 Å². The van der Waals surface area contributed by atoms with Crippen molar-refractivity contribution < 1.29 is 9.59 Å². The van der Waals surface area contributed by atoms with Gasteiger partial charge in [-0.3, -0.25) is 9.59 Å². The van der Waals surface area contributed by atoms with Crippen LogP contribution in [-0.2, 0) is 23.1 Å². The molecule has 3 heterocycles. The zero-order chi connectivity index (χ0) is 19.5. The van der Waals surface area contributed by atoms with Crippen LogP contribution in [0.25, 0.3) is 11.4 Å². The van der Waals surface area contributed by atoms with Gasteiger partial charge < -0.3 is 14.8 Å². The molecule has 1 N–H and O–H groups in total. The highest BCUT2D eigenvalue weighted by Gasteiger charge is 2.34. The third kappa shape index (κ3) is 3.84. The molecule has 1 aliphatic heterocycles. The van der Waals surface area contributed by atoms with E-state index in [4.69, 9.17) is 0 Å². The highest BCUT2D eigenvalue weighted by Crippen LogP contribution is 2.24. The highest BCUT2D eigenvalue weighted by atomic mass is 32.1. The van der Waals surface area contributed by atoms with Crippen LogP contribution in [0.15, 0.2) is 54.2 Å². The molecular weight excluding hydrogens is 372 g/mol. The SMILES string of the molecule is Cn1ccnc1-c1cccc(NC(=O)C2CCCN2C(=O)Cc2cccs2)c1. The summed E-state index contributed by atoms with van der Waals surface area (Å²) in [6.07, 6.45) is 5.53. The van der Waals surface area contributed by atoms with Crippen LogP contribution in [0.4, 0.5) is 5.69 Å². The number of aryl methyl sites for hydroxylation is 1. The molecule has 144 valence electrons. The van der Waals surface area contributed by atoms with Crippen LogP contribution in [0.3, 0.4) is 0 Å². The summed E-state index contributed by atoms with van der Waals surface area (Å²) in [5.74, 6) is 0.723. The van der Waals surface area contributed by atoms with Crippen molar-refractivity contribution >= 4 is 28.8 Å². The van der Waals surface area contributed by atoms with Gasteiger partial charge in [-0.15, -0.1) is 11.3 Å². The average molecular weight is 395 g/mol. The Kier molecular flexibility index (Phi) is 5.25. The van der Waals surface area contributed by atoms with Gasteiger partial charge in [0.15, 0.2) is 0 Å². The molecule has 0 bridgehead atoms. The summed E-state index contributed by atoms with van der Waals surface area (Å²) >= 11 is 1.57. The first-order valence-corrected chi connectivity index (χ1v) is 10.2. The number of aromatic nitrogens is 2. The van der Waals surface area contributed by atoms with E-state index in [9.17, 15) is 9.59 Å². The third-order valence-corrected chi connectivity index (χ3v) is 5.87. The van der Waals surface area contributed by atoms with Gasteiger partial charge in [0.05, 0.1) is 6.42 Å². The number of imidazole rings is 1. The second kappa shape index (κ2) is 7.98. The Morgan fingerprint density at radius 2 is 2.18 bits per heavy atom. The fraction of sp³-hybridized carbons (Fsp3) is 0.286. The van der Waals surface area contributed by atoms with Crippen molar-refractivity contribution in [1.29, 1.82) is 0 Å². The van der Waals surface area contributed by atoms with Gasteiger partial charge in [-0.2, -0.15) is 0 Å². The molecule has 1 aliphatic rings. The Bertz CT molecular complexity index is 980. The lowest BCUT2D eigenvalue weighted by Gasteiger charge is -2.24. The predicted octanol–water partition coefficient (Wildman–Crippen LogP) is 3.32. The van der Waals surface area contributed by atoms with Crippen molar-refractivity contribution in [2.75, 3.05) is 11.9 Å². The normalized spacial score (nSPS) is 16.3. The number of carbonyl (C=O) groups is 2. The van der Waals surface area contributed by atoms with Crippen LogP contribution < -0.4 is 5.32 Å². The molecule has 1 aromatic carbocycles. The first-order chi connectivity index (χ1) is 13.6. The zero-order valence-electron chi connectivity index (χ0n) is 15.7. The number of hydrogen-bond donors (Lipinski definition) is 1. The van der Waals surface area contributed by atoms with Gasteiger partial charge in [0, 0.05) is 42.1 Å². The second-order valence-electron chi connectivity index (χ2n) is 6.93. The Morgan fingerprint density at radius 3 is 2.93 bits per heavy atom. The maximum Gasteiger partial charge on any atom is 0.247 e. The number of anilines is 1. The number of nitrogens with one attached hydrogen (secondary N) is 1. The molecule has 0 spiro atoms. The lowest BCUT2D eigenvalue weighted by molar-refractivity contribution is -0.136. The van der Waals surface area contributed by atoms with Crippen LogP contribution in [0.1, 0.15) is 17.7 Å². The molecule has 0 aliphatic carbocycles. The summed E-state index contributed by atoms with van der Waals surface area (Å²) in [5, 5.41) is 4.95. The minimum absolute atomic E-state index is 0.0156. The quantitative estimate of drug-likeness (QED) is 0.722. The van der Waals surface area contributed by atoms with Gasteiger partial charge in [0.2, 0.25) is 11.8 Å². The number of hydrogen-bond acceptors (Lipinski definition) is 4. The van der Waals surface area contributed by atoms with E-state index in [1.807, 2.05) is 59.6 Å². The summed E-state index contributed by atoms with van der Waals surface area (Å²) in [7, 11) is 1.93. The fourth-order valence-corrected chi connectivity index (χ4v) is 4.30. The van der Waals surface area contributed by atoms with E-state index in [1.165, 1.54) is 0 Å². The van der Waals surface area contributed by atoms with E-state index in [0.29, 0.717) is 25.1 Å². The lowest BCUT2D eigenvalue weighted by atomic mass is 10.1. The van der Waals surface area contributed by atoms with Gasteiger partial charge in [-0.05, 0) is 36.4 Å². The number of nitrogens with zero attached hydrogens (tertiary/aromatic N) is 3. The Balaban J connectivity index is 1.45. The third-order valence-electron chi connectivity index (χ3n) is 4.99. The predicted molar refractivity (Wildman–Crippen MR) is 110 cm³/mol. The molecule has 4 rings (SSSR count). The Hall–Kier alpha value is -2.93. The molecule has 1 unspecified atom stereocenters. The van der Waals surface area contributed by atoms with Gasteiger partial charge >= 0.3 is 0 Å². The monoisotopic (exact) mass is 394 g/mol. The van der Waals surface area contributed by atoms with Gasteiger partial charge in [0.25, 0.3) is 0 Å². The first-order valence-electron chi connectivity index (χ1n) is 9.32. The number of rotatable bonds is 5. The van der Waals surface area contributed by atoms with Crippen LogP contribution in [0.2, 0.25) is 0 Å². The molecule has 7 heteroatoms. The minimum atomic E-state index is -0.413. The van der Waals surface area contributed by atoms with E-state index in [-0.39, 0.29) is 11.8 Å². The molecule has 0 radical (unpaired) electrons. The van der Waals surface area contributed by atoms with Crippen molar-refractivity contribution in [3.8, 4) is 11.4 Å². The smallest absolute Gasteiger partial charge is 0.247 e. The lowest BCUT2D eigenvalue weighted by Crippen LogP contribution is -2.43. The minimum Gasteiger partial charge on any atom is -0.334 e. The molecule has 1 atom stereocenters. The van der Waals surface area contributed by atoms with Gasteiger partial charge in [-0.1, -0.05) is 18.2 Å².